The van der Waals surface area contributed by atoms with Crippen LogP contribution in [0.2, 0.25) is 0 Å². The van der Waals surface area contributed by atoms with E-state index >= 15 is 0 Å². The number of hydrogen-bond acceptors (Lipinski definition) is 3. The zero-order valence-corrected chi connectivity index (χ0v) is 11.0. The molecule has 0 bridgehead atoms. The van der Waals surface area contributed by atoms with Crippen LogP contribution in [-0.4, -0.2) is 37.9 Å². The molecule has 0 spiro atoms. The van der Waals surface area contributed by atoms with Crippen LogP contribution < -0.4 is 5.32 Å². The fourth-order valence-corrected chi connectivity index (χ4v) is 1.61. The highest BCUT2D eigenvalue weighted by molar-refractivity contribution is 5.93. The molecular formula is C14H22N2O. The highest BCUT2D eigenvalue weighted by Crippen LogP contribution is 2.04. The van der Waals surface area contributed by atoms with E-state index in [1.54, 1.807) is 6.92 Å². The van der Waals surface area contributed by atoms with Crippen LogP contribution in [0.15, 0.2) is 24.3 Å². The van der Waals surface area contributed by atoms with Crippen LogP contribution in [0.1, 0.15) is 29.3 Å². The lowest BCUT2D eigenvalue weighted by atomic mass is 10.1. The van der Waals surface area contributed by atoms with Gasteiger partial charge in [-0.05, 0) is 46.1 Å². The van der Waals surface area contributed by atoms with Gasteiger partial charge in [-0.15, -0.1) is 0 Å². The smallest absolute Gasteiger partial charge is 0.159 e. The van der Waals surface area contributed by atoms with Crippen LogP contribution in [0.25, 0.3) is 0 Å². The Labute approximate surface area is 104 Å². The molecule has 0 heterocycles. The van der Waals surface area contributed by atoms with Gasteiger partial charge in [-0.25, -0.2) is 0 Å². The summed E-state index contributed by atoms with van der Waals surface area (Å²) in [4.78, 5) is 13.3. The molecule has 0 fully saturated rings. The van der Waals surface area contributed by atoms with Crippen LogP contribution >= 0.6 is 0 Å². The first kappa shape index (κ1) is 13.9. The Morgan fingerprint density at radius 1 is 1.24 bits per heavy atom. The summed E-state index contributed by atoms with van der Waals surface area (Å²) in [6, 6.07) is 7.80. The SMILES string of the molecule is CC(=O)c1ccc(CNCCCN(C)C)cc1. The van der Waals surface area contributed by atoms with Gasteiger partial charge in [-0.2, -0.15) is 0 Å². The summed E-state index contributed by atoms with van der Waals surface area (Å²) >= 11 is 0. The first-order valence-corrected chi connectivity index (χ1v) is 6.05. The molecule has 1 aromatic rings. The van der Waals surface area contributed by atoms with Crippen LogP contribution in [0.5, 0.6) is 0 Å². The maximum atomic E-state index is 11.1. The average molecular weight is 234 g/mol. The third-order valence-electron chi connectivity index (χ3n) is 2.65. The Morgan fingerprint density at radius 3 is 2.41 bits per heavy atom. The van der Waals surface area contributed by atoms with E-state index in [0.29, 0.717) is 0 Å². The van der Waals surface area contributed by atoms with E-state index < -0.39 is 0 Å². The summed E-state index contributed by atoms with van der Waals surface area (Å²) in [7, 11) is 4.17. The number of carbonyl (C=O) groups excluding carboxylic acids is 1. The molecule has 17 heavy (non-hydrogen) atoms. The van der Waals surface area contributed by atoms with E-state index in [-0.39, 0.29) is 5.78 Å². The summed E-state index contributed by atoms with van der Waals surface area (Å²) in [6.45, 7) is 4.59. The summed E-state index contributed by atoms with van der Waals surface area (Å²) in [5, 5.41) is 3.39. The maximum absolute atomic E-state index is 11.1. The lowest BCUT2D eigenvalue weighted by molar-refractivity contribution is 0.101. The third-order valence-corrected chi connectivity index (χ3v) is 2.65. The lowest BCUT2D eigenvalue weighted by Crippen LogP contribution is -2.21. The monoisotopic (exact) mass is 234 g/mol. The first-order valence-electron chi connectivity index (χ1n) is 6.05. The molecule has 0 atom stereocenters. The number of ketones is 1. The van der Waals surface area contributed by atoms with E-state index in [9.17, 15) is 4.79 Å². The van der Waals surface area contributed by atoms with Gasteiger partial charge >= 0.3 is 0 Å². The van der Waals surface area contributed by atoms with Crippen molar-refractivity contribution in [2.24, 2.45) is 0 Å². The van der Waals surface area contributed by atoms with Crippen LogP contribution in [0.3, 0.4) is 0 Å². The van der Waals surface area contributed by atoms with Gasteiger partial charge in [0.1, 0.15) is 0 Å². The molecule has 3 nitrogen and oxygen atoms in total. The molecule has 0 amide bonds. The van der Waals surface area contributed by atoms with Gasteiger partial charge in [0.05, 0.1) is 0 Å². The molecule has 3 heteroatoms. The summed E-state index contributed by atoms with van der Waals surface area (Å²) in [5.74, 6) is 0.121. The number of carbonyl (C=O) groups is 1. The second-order valence-corrected chi connectivity index (χ2v) is 4.59. The highest BCUT2D eigenvalue weighted by Gasteiger charge is 1.98. The van der Waals surface area contributed by atoms with Crippen molar-refractivity contribution in [2.45, 2.75) is 19.9 Å². The summed E-state index contributed by atoms with van der Waals surface area (Å²) in [5.41, 5.74) is 2.00. The van der Waals surface area contributed by atoms with Gasteiger partial charge in [0, 0.05) is 12.1 Å². The van der Waals surface area contributed by atoms with Gasteiger partial charge < -0.3 is 10.2 Å². The number of nitrogens with zero attached hydrogens (tertiary/aromatic N) is 1. The largest absolute Gasteiger partial charge is 0.313 e. The molecule has 1 N–H and O–H groups in total. The second-order valence-electron chi connectivity index (χ2n) is 4.59. The molecule has 0 saturated heterocycles. The molecule has 0 aliphatic rings. The summed E-state index contributed by atoms with van der Waals surface area (Å²) in [6.07, 6.45) is 1.15. The number of nitrogens with one attached hydrogen (secondary N) is 1. The van der Waals surface area contributed by atoms with Crippen molar-refractivity contribution in [1.82, 2.24) is 10.2 Å². The van der Waals surface area contributed by atoms with E-state index in [1.165, 1.54) is 5.56 Å². The Hall–Kier alpha value is -1.19. The van der Waals surface area contributed by atoms with E-state index in [4.69, 9.17) is 0 Å². The van der Waals surface area contributed by atoms with Crippen molar-refractivity contribution in [1.29, 1.82) is 0 Å². The Balaban J connectivity index is 2.25. The fraction of sp³-hybridized carbons (Fsp3) is 0.500. The molecule has 0 aromatic heterocycles. The standard InChI is InChI=1S/C14H22N2O/c1-12(17)14-7-5-13(6-8-14)11-15-9-4-10-16(2)3/h5-8,15H,4,9-11H2,1-3H3. The topological polar surface area (TPSA) is 32.3 Å². The Morgan fingerprint density at radius 2 is 1.88 bits per heavy atom. The quantitative estimate of drug-likeness (QED) is 0.578. The lowest BCUT2D eigenvalue weighted by Gasteiger charge is -2.09. The molecule has 0 saturated carbocycles. The van der Waals surface area contributed by atoms with Crippen molar-refractivity contribution in [3.05, 3.63) is 35.4 Å². The molecule has 0 radical (unpaired) electrons. The van der Waals surface area contributed by atoms with Gasteiger partial charge in [-0.1, -0.05) is 24.3 Å². The molecule has 1 rings (SSSR count). The number of Topliss-reactive ketones (excluding diaryl/α,β-unsaturated/α-hetero) is 1. The number of benzene rings is 1. The average Bonchev–Trinajstić information content (AvgIpc) is 2.29. The number of rotatable bonds is 7. The minimum absolute atomic E-state index is 0.121. The van der Waals surface area contributed by atoms with Crippen molar-refractivity contribution in [3.8, 4) is 0 Å². The predicted octanol–water partition coefficient (Wildman–Crippen LogP) is 1.93. The van der Waals surface area contributed by atoms with Crippen molar-refractivity contribution >= 4 is 5.78 Å². The molecule has 1 aromatic carbocycles. The molecule has 0 aliphatic carbocycles. The van der Waals surface area contributed by atoms with Gasteiger partial charge in [0.15, 0.2) is 5.78 Å². The van der Waals surface area contributed by atoms with Gasteiger partial charge in [0.25, 0.3) is 0 Å². The first-order chi connectivity index (χ1) is 8.09. The zero-order chi connectivity index (χ0) is 12.7. The normalized spacial score (nSPS) is 10.8. The number of hydrogen-bond donors (Lipinski definition) is 1. The van der Waals surface area contributed by atoms with Gasteiger partial charge in [-0.3, -0.25) is 4.79 Å². The molecule has 0 unspecified atom stereocenters. The van der Waals surface area contributed by atoms with Crippen molar-refractivity contribution in [2.75, 3.05) is 27.2 Å². The fourth-order valence-electron chi connectivity index (χ4n) is 1.61. The highest BCUT2D eigenvalue weighted by atomic mass is 16.1. The van der Waals surface area contributed by atoms with Crippen molar-refractivity contribution < 1.29 is 4.79 Å². The Bertz CT molecular complexity index is 344. The Kier molecular flexibility index (Phi) is 5.87. The third kappa shape index (κ3) is 5.61. The maximum Gasteiger partial charge on any atom is 0.159 e. The molecule has 94 valence electrons. The van der Waals surface area contributed by atoms with Crippen LogP contribution in [-0.2, 0) is 6.54 Å². The molecular weight excluding hydrogens is 212 g/mol. The second kappa shape index (κ2) is 7.20. The minimum atomic E-state index is 0.121. The van der Waals surface area contributed by atoms with E-state index in [2.05, 4.69) is 24.3 Å². The van der Waals surface area contributed by atoms with Crippen molar-refractivity contribution in [3.63, 3.8) is 0 Å². The minimum Gasteiger partial charge on any atom is -0.313 e. The van der Waals surface area contributed by atoms with Crippen LogP contribution in [0, 0.1) is 0 Å². The molecule has 0 aliphatic heterocycles. The van der Waals surface area contributed by atoms with E-state index in [0.717, 1.165) is 31.6 Å². The van der Waals surface area contributed by atoms with E-state index in [1.807, 2.05) is 24.3 Å². The summed E-state index contributed by atoms with van der Waals surface area (Å²) < 4.78 is 0. The van der Waals surface area contributed by atoms with Crippen LogP contribution in [0.4, 0.5) is 0 Å². The van der Waals surface area contributed by atoms with Gasteiger partial charge in [0.2, 0.25) is 0 Å². The zero-order valence-electron chi connectivity index (χ0n) is 11.0. The predicted molar refractivity (Wildman–Crippen MR) is 71.3 cm³/mol.